The molecule has 0 radical (unpaired) electrons. The van der Waals surface area contributed by atoms with Crippen LogP contribution in [0.15, 0.2) is 36.7 Å². The van der Waals surface area contributed by atoms with Gasteiger partial charge in [0.15, 0.2) is 0 Å². The lowest BCUT2D eigenvalue weighted by Crippen LogP contribution is -1.92. The molecule has 1 aromatic heterocycles. The van der Waals surface area contributed by atoms with Crippen molar-refractivity contribution in [3.63, 3.8) is 0 Å². The van der Waals surface area contributed by atoms with Crippen LogP contribution in [-0.4, -0.2) is 4.98 Å². The summed E-state index contributed by atoms with van der Waals surface area (Å²) in [6.07, 6.45) is 3.64. The number of nitrogen functional groups attached to an aromatic ring is 1. The van der Waals surface area contributed by atoms with E-state index in [0.29, 0.717) is 0 Å². The molecule has 0 spiro atoms. The van der Waals surface area contributed by atoms with Crippen molar-refractivity contribution in [2.24, 2.45) is 0 Å². The van der Waals surface area contributed by atoms with Crippen molar-refractivity contribution >= 4 is 5.69 Å². The van der Waals surface area contributed by atoms with E-state index in [1.165, 1.54) is 16.7 Å². The standard InChI is InChI=1S/C13H14N2/c1-9-6-12(14)7-13(10(9)2)11-4-3-5-15-8-11/h3-8H,14H2,1-2H3. The number of aryl methyl sites for hydroxylation is 1. The average molecular weight is 198 g/mol. The number of aromatic nitrogens is 1. The van der Waals surface area contributed by atoms with Gasteiger partial charge in [0.25, 0.3) is 0 Å². The smallest absolute Gasteiger partial charge is 0.0346 e. The van der Waals surface area contributed by atoms with Crippen LogP contribution in [0.1, 0.15) is 11.1 Å². The fourth-order valence-electron chi connectivity index (χ4n) is 1.71. The highest BCUT2D eigenvalue weighted by Crippen LogP contribution is 2.27. The molecule has 0 fully saturated rings. The zero-order valence-corrected chi connectivity index (χ0v) is 8.99. The third-order valence-corrected chi connectivity index (χ3v) is 2.66. The first kappa shape index (κ1) is 9.71. The molecule has 76 valence electrons. The van der Waals surface area contributed by atoms with Crippen LogP contribution in [0.3, 0.4) is 0 Å². The molecule has 0 aliphatic heterocycles. The van der Waals surface area contributed by atoms with Gasteiger partial charge in [0.05, 0.1) is 0 Å². The minimum atomic E-state index is 0.803. The van der Waals surface area contributed by atoms with Crippen molar-refractivity contribution in [3.05, 3.63) is 47.8 Å². The number of nitrogens with zero attached hydrogens (tertiary/aromatic N) is 1. The summed E-state index contributed by atoms with van der Waals surface area (Å²) in [6.45, 7) is 4.18. The van der Waals surface area contributed by atoms with Crippen LogP contribution in [0, 0.1) is 13.8 Å². The maximum Gasteiger partial charge on any atom is 0.0346 e. The molecule has 2 aromatic rings. The molecule has 2 rings (SSSR count). The summed E-state index contributed by atoms with van der Waals surface area (Å²) in [4.78, 5) is 4.12. The van der Waals surface area contributed by atoms with Crippen LogP contribution in [0.2, 0.25) is 0 Å². The fraction of sp³-hybridized carbons (Fsp3) is 0.154. The normalized spacial score (nSPS) is 10.3. The second kappa shape index (κ2) is 3.73. The van der Waals surface area contributed by atoms with Gasteiger partial charge in [-0.25, -0.2) is 0 Å². The molecule has 2 nitrogen and oxygen atoms in total. The van der Waals surface area contributed by atoms with Gasteiger partial charge >= 0.3 is 0 Å². The molecular formula is C13H14N2. The van der Waals surface area contributed by atoms with Crippen LogP contribution in [0.4, 0.5) is 5.69 Å². The number of hydrogen-bond donors (Lipinski definition) is 1. The Kier molecular flexibility index (Phi) is 2.42. The second-order valence-corrected chi connectivity index (χ2v) is 3.75. The lowest BCUT2D eigenvalue weighted by atomic mass is 9.97. The second-order valence-electron chi connectivity index (χ2n) is 3.75. The van der Waals surface area contributed by atoms with Gasteiger partial charge in [0, 0.05) is 23.6 Å². The quantitative estimate of drug-likeness (QED) is 0.715. The molecule has 0 unspecified atom stereocenters. The molecule has 0 saturated heterocycles. The van der Waals surface area contributed by atoms with Gasteiger partial charge in [-0.1, -0.05) is 6.07 Å². The van der Waals surface area contributed by atoms with Crippen LogP contribution in [0.25, 0.3) is 11.1 Å². The molecule has 2 heteroatoms. The van der Waals surface area contributed by atoms with E-state index in [9.17, 15) is 0 Å². The molecule has 0 saturated carbocycles. The summed E-state index contributed by atoms with van der Waals surface area (Å²) in [5.74, 6) is 0. The van der Waals surface area contributed by atoms with Gasteiger partial charge in [-0.05, 0) is 48.7 Å². The molecule has 0 amide bonds. The Balaban J connectivity index is 2.63. The first-order valence-electron chi connectivity index (χ1n) is 4.95. The summed E-state index contributed by atoms with van der Waals surface area (Å²) < 4.78 is 0. The molecule has 0 bridgehead atoms. The van der Waals surface area contributed by atoms with Crippen LogP contribution in [0.5, 0.6) is 0 Å². The van der Waals surface area contributed by atoms with E-state index >= 15 is 0 Å². The van der Waals surface area contributed by atoms with Gasteiger partial charge in [-0.3, -0.25) is 4.98 Å². The van der Waals surface area contributed by atoms with Crippen molar-refractivity contribution < 1.29 is 0 Å². The third-order valence-electron chi connectivity index (χ3n) is 2.66. The highest BCUT2D eigenvalue weighted by Gasteiger charge is 2.05. The predicted molar refractivity (Wildman–Crippen MR) is 63.6 cm³/mol. The summed E-state index contributed by atoms with van der Waals surface area (Å²) in [5.41, 5.74) is 11.4. The Labute approximate surface area is 89.8 Å². The largest absolute Gasteiger partial charge is 0.399 e. The van der Waals surface area contributed by atoms with E-state index in [1.54, 1.807) is 6.20 Å². The lowest BCUT2D eigenvalue weighted by Gasteiger charge is -2.09. The topological polar surface area (TPSA) is 38.9 Å². The number of hydrogen-bond acceptors (Lipinski definition) is 2. The fourth-order valence-corrected chi connectivity index (χ4v) is 1.71. The molecule has 15 heavy (non-hydrogen) atoms. The molecule has 1 aromatic carbocycles. The highest BCUT2D eigenvalue weighted by atomic mass is 14.6. The van der Waals surface area contributed by atoms with E-state index < -0.39 is 0 Å². The van der Waals surface area contributed by atoms with Gasteiger partial charge in [0.1, 0.15) is 0 Å². The number of benzene rings is 1. The van der Waals surface area contributed by atoms with Crippen molar-refractivity contribution in [2.45, 2.75) is 13.8 Å². The maximum absolute atomic E-state index is 5.85. The Bertz CT molecular complexity index is 475. The third kappa shape index (κ3) is 1.84. The van der Waals surface area contributed by atoms with E-state index in [4.69, 9.17) is 5.73 Å². The molecule has 0 aliphatic rings. The molecular weight excluding hydrogens is 184 g/mol. The van der Waals surface area contributed by atoms with E-state index in [-0.39, 0.29) is 0 Å². The van der Waals surface area contributed by atoms with Gasteiger partial charge in [-0.2, -0.15) is 0 Å². The molecule has 2 N–H and O–H groups in total. The summed E-state index contributed by atoms with van der Waals surface area (Å²) in [7, 11) is 0. The highest BCUT2D eigenvalue weighted by molar-refractivity contribution is 5.71. The SMILES string of the molecule is Cc1cc(N)cc(-c2cccnc2)c1C. The van der Waals surface area contributed by atoms with Gasteiger partial charge in [-0.15, -0.1) is 0 Å². The molecule has 0 atom stereocenters. The number of nitrogens with two attached hydrogens (primary N) is 1. The summed E-state index contributed by atoms with van der Waals surface area (Å²) in [6, 6.07) is 7.98. The average Bonchev–Trinajstić information content (AvgIpc) is 2.24. The number of anilines is 1. The zero-order chi connectivity index (χ0) is 10.8. The van der Waals surface area contributed by atoms with Crippen molar-refractivity contribution in [3.8, 4) is 11.1 Å². The Morgan fingerprint density at radius 2 is 2.00 bits per heavy atom. The Hall–Kier alpha value is -1.83. The van der Waals surface area contributed by atoms with E-state index in [0.717, 1.165) is 11.3 Å². The number of pyridine rings is 1. The summed E-state index contributed by atoms with van der Waals surface area (Å²) >= 11 is 0. The summed E-state index contributed by atoms with van der Waals surface area (Å²) in [5, 5.41) is 0. The first-order valence-corrected chi connectivity index (χ1v) is 4.95. The first-order chi connectivity index (χ1) is 7.18. The van der Waals surface area contributed by atoms with Crippen molar-refractivity contribution in [1.29, 1.82) is 0 Å². The van der Waals surface area contributed by atoms with Crippen LogP contribution >= 0.6 is 0 Å². The van der Waals surface area contributed by atoms with Gasteiger partial charge < -0.3 is 5.73 Å². The number of rotatable bonds is 1. The molecule has 1 heterocycles. The van der Waals surface area contributed by atoms with Crippen molar-refractivity contribution in [2.75, 3.05) is 5.73 Å². The van der Waals surface area contributed by atoms with Crippen LogP contribution in [-0.2, 0) is 0 Å². The van der Waals surface area contributed by atoms with E-state index in [2.05, 4.69) is 18.8 Å². The minimum absolute atomic E-state index is 0.803. The monoisotopic (exact) mass is 198 g/mol. The van der Waals surface area contributed by atoms with Gasteiger partial charge in [0.2, 0.25) is 0 Å². The van der Waals surface area contributed by atoms with Crippen molar-refractivity contribution in [1.82, 2.24) is 4.98 Å². The minimum Gasteiger partial charge on any atom is -0.399 e. The Morgan fingerprint density at radius 1 is 1.20 bits per heavy atom. The lowest BCUT2D eigenvalue weighted by molar-refractivity contribution is 1.30. The maximum atomic E-state index is 5.85. The van der Waals surface area contributed by atoms with E-state index in [1.807, 2.05) is 30.5 Å². The predicted octanol–water partition coefficient (Wildman–Crippen LogP) is 2.95. The van der Waals surface area contributed by atoms with Crippen LogP contribution < -0.4 is 5.73 Å². The Morgan fingerprint density at radius 3 is 2.67 bits per heavy atom. The molecule has 0 aliphatic carbocycles. The zero-order valence-electron chi connectivity index (χ0n) is 8.99.